The summed E-state index contributed by atoms with van der Waals surface area (Å²) in [4.78, 5) is 11.6. The molecule has 7 nitrogen and oxygen atoms in total. The summed E-state index contributed by atoms with van der Waals surface area (Å²) < 4.78 is 5.64. The first kappa shape index (κ1) is 25.1. The fraction of sp³-hybridized carbons (Fsp3) is 0.409. The molecule has 0 heterocycles. The van der Waals surface area contributed by atoms with Gasteiger partial charge in [-0.05, 0) is 56.1 Å². The summed E-state index contributed by atoms with van der Waals surface area (Å²) in [5.74, 6) is -1.41. The van der Waals surface area contributed by atoms with Gasteiger partial charge in [-0.1, -0.05) is 41.8 Å². The quantitative estimate of drug-likeness (QED) is 0.232. The number of aliphatic hydroxyl groups is 1. The molecule has 0 aliphatic rings. The topological polar surface area (TPSA) is 125 Å². The lowest BCUT2D eigenvalue weighted by atomic mass is 9.96. The number of rotatable bonds is 12. The summed E-state index contributed by atoms with van der Waals surface area (Å²) in [5.41, 5.74) is 6.54. The Morgan fingerprint density at radius 3 is 2.45 bits per heavy atom. The van der Waals surface area contributed by atoms with E-state index in [1.165, 1.54) is 6.07 Å². The second-order valence-electron chi connectivity index (χ2n) is 7.35. The number of carbonyl (C=O) groups is 1. The number of nitrogen functional groups attached to an aromatic ring is 1. The number of para-hydroxylation sites is 2. The Balaban J connectivity index is 1.74. The number of nitrogens with one attached hydrogen (secondary N) is 1. The van der Waals surface area contributed by atoms with Gasteiger partial charge in [0.15, 0.2) is 11.5 Å². The molecule has 0 aliphatic heterocycles. The van der Waals surface area contributed by atoms with Crippen molar-refractivity contribution in [2.75, 3.05) is 18.8 Å². The number of aromatic hydroxyl groups is 1. The van der Waals surface area contributed by atoms with Crippen LogP contribution in [0.5, 0.6) is 11.5 Å². The van der Waals surface area contributed by atoms with Crippen LogP contribution in [0.15, 0.2) is 36.4 Å². The van der Waals surface area contributed by atoms with Crippen molar-refractivity contribution in [1.29, 1.82) is 0 Å². The van der Waals surface area contributed by atoms with Crippen molar-refractivity contribution < 1.29 is 24.9 Å². The van der Waals surface area contributed by atoms with E-state index in [2.05, 4.69) is 5.32 Å². The molecule has 0 radical (unpaired) electrons. The third-order valence-corrected chi connectivity index (χ3v) is 5.63. The number of anilines is 1. The number of halogens is 2. The van der Waals surface area contributed by atoms with Crippen LogP contribution in [0.3, 0.4) is 0 Å². The molecule has 3 atom stereocenters. The highest BCUT2D eigenvalue weighted by atomic mass is 35.5. The van der Waals surface area contributed by atoms with Gasteiger partial charge in [0.2, 0.25) is 0 Å². The van der Waals surface area contributed by atoms with E-state index in [9.17, 15) is 20.1 Å². The van der Waals surface area contributed by atoms with E-state index in [0.717, 1.165) is 6.42 Å². The number of benzene rings is 2. The SMILES string of the molecule is CC(Oc1ccccc1O)C(CCCCNCC(O)c1cc(Cl)c(N)c(Cl)c1)C(=O)O. The monoisotopic (exact) mass is 470 g/mol. The standard InChI is InChI=1S/C22H28Cl2N2O5/c1-13(31-20-8-3-2-7-18(20)27)15(22(29)30)6-4-5-9-26-12-19(28)14-10-16(23)21(25)17(24)11-14/h2-3,7-8,10-11,13,15,19,26-28H,4-6,9,12,25H2,1H3,(H,29,30). The molecule has 0 fully saturated rings. The number of nitrogens with two attached hydrogens (primary N) is 1. The molecule has 0 bridgehead atoms. The van der Waals surface area contributed by atoms with Crippen LogP contribution in [-0.4, -0.2) is 40.5 Å². The van der Waals surface area contributed by atoms with Gasteiger partial charge in [0.25, 0.3) is 0 Å². The number of hydrogen-bond acceptors (Lipinski definition) is 6. The second kappa shape index (κ2) is 12.0. The van der Waals surface area contributed by atoms with E-state index in [0.29, 0.717) is 41.5 Å². The first-order valence-electron chi connectivity index (χ1n) is 10.0. The fourth-order valence-corrected chi connectivity index (χ4v) is 3.67. The summed E-state index contributed by atoms with van der Waals surface area (Å²) in [6, 6.07) is 9.63. The molecule has 0 aromatic heterocycles. The zero-order valence-electron chi connectivity index (χ0n) is 17.2. The van der Waals surface area contributed by atoms with Crippen molar-refractivity contribution >= 4 is 34.9 Å². The molecule has 2 rings (SSSR count). The molecular weight excluding hydrogens is 443 g/mol. The summed E-state index contributed by atoms with van der Waals surface area (Å²) in [6.07, 6.45) is 0.421. The maximum absolute atomic E-state index is 11.6. The van der Waals surface area contributed by atoms with Gasteiger partial charge in [-0.15, -0.1) is 0 Å². The minimum absolute atomic E-state index is 0.0232. The number of ether oxygens (including phenoxy) is 1. The Kier molecular flexibility index (Phi) is 9.71. The zero-order chi connectivity index (χ0) is 23.0. The lowest BCUT2D eigenvalue weighted by Gasteiger charge is -2.22. The highest BCUT2D eigenvalue weighted by Crippen LogP contribution is 2.31. The zero-order valence-corrected chi connectivity index (χ0v) is 18.7. The summed E-state index contributed by atoms with van der Waals surface area (Å²) in [6.45, 7) is 2.59. The van der Waals surface area contributed by atoms with Crippen LogP contribution < -0.4 is 15.8 Å². The summed E-state index contributed by atoms with van der Waals surface area (Å²) in [5, 5.41) is 33.3. The van der Waals surface area contributed by atoms with Gasteiger partial charge in [0.1, 0.15) is 6.10 Å². The number of carboxylic acids is 1. The third kappa shape index (κ3) is 7.47. The normalized spacial score (nSPS) is 14.1. The van der Waals surface area contributed by atoms with E-state index in [4.69, 9.17) is 33.7 Å². The third-order valence-electron chi connectivity index (χ3n) is 5.00. The molecule has 9 heteroatoms. The molecule has 0 aliphatic carbocycles. The van der Waals surface area contributed by atoms with Gasteiger partial charge in [-0.25, -0.2) is 0 Å². The number of aliphatic hydroxyl groups excluding tert-OH is 1. The number of phenolic OH excluding ortho intramolecular Hbond substituents is 1. The number of phenols is 1. The molecule has 170 valence electrons. The summed E-state index contributed by atoms with van der Waals surface area (Å²) >= 11 is 12.0. The lowest BCUT2D eigenvalue weighted by Crippen LogP contribution is -2.31. The van der Waals surface area contributed by atoms with Crippen molar-refractivity contribution in [3.05, 3.63) is 52.0 Å². The molecule has 3 unspecified atom stereocenters. The number of aliphatic carboxylic acids is 1. The maximum atomic E-state index is 11.6. The average Bonchev–Trinajstić information content (AvgIpc) is 2.72. The van der Waals surface area contributed by atoms with Gasteiger partial charge in [-0.3, -0.25) is 4.79 Å². The van der Waals surface area contributed by atoms with Gasteiger partial charge in [0, 0.05) is 6.54 Å². The first-order valence-corrected chi connectivity index (χ1v) is 10.8. The van der Waals surface area contributed by atoms with Crippen LogP contribution in [0, 0.1) is 5.92 Å². The fourth-order valence-electron chi connectivity index (χ4n) is 3.17. The molecular formula is C22H28Cl2N2O5. The number of unbranched alkanes of at least 4 members (excludes halogenated alkanes) is 1. The molecule has 0 saturated carbocycles. The minimum Gasteiger partial charge on any atom is -0.504 e. The Morgan fingerprint density at radius 2 is 1.84 bits per heavy atom. The highest BCUT2D eigenvalue weighted by molar-refractivity contribution is 6.38. The van der Waals surface area contributed by atoms with E-state index >= 15 is 0 Å². The number of carboxylic acid groups (broad SMARTS) is 1. The first-order chi connectivity index (χ1) is 14.7. The molecule has 0 amide bonds. The molecule has 31 heavy (non-hydrogen) atoms. The van der Waals surface area contributed by atoms with Gasteiger partial charge >= 0.3 is 5.97 Å². The van der Waals surface area contributed by atoms with Crippen molar-refractivity contribution in [2.45, 2.75) is 38.4 Å². The van der Waals surface area contributed by atoms with Crippen LogP contribution >= 0.6 is 23.2 Å². The average molecular weight is 471 g/mol. The Bertz CT molecular complexity index is 858. The highest BCUT2D eigenvalue weighted by Gasteiger charge is 2.26. The molecule has 2 aromatic carbocycles. The molecule has 6 N–H and O–H groups in total. The Morgan fingerprint density at radius 1 is 1.19 bits per heavy atom. The minimum atomic E-state index is -0.941. The molecule has 2 aromatic rings. The van der Waals surface area contributed by atoms with Crippen molar-refractivity contribution in [3.8, 4) is 11.5 Å². The van der Waals surface area contributed by atoms with E-state index in [-0.39, 0.29) is 17.2 Å². The predicted octanol–water partition coefficient (Wildman–Crippen LogP) is 4.24. The van der Waals surface area contributed by atoms with Crippen LogP contribution in [0.2, 0.25) is 10.0 Å². The van der Waals surface area contributed by atoms with Gasteiger partial charge in [0.05, 0.1) is 27.8 Å². The van der Waals surface area contributed by atoms with Crippen molar-refractivity contribution in [2.24, 2.45) is 5.92 Å². The van der Waals surface area contributed by atoms with E-state index in [1.54, 1.807) is 37.3 Å². The van der Waals surface area contributed by atoms with Crippen LogP contribution in [0.1, 0.15) is 37.9 Å². The van der Waals surface area contributed by atoms with Crippen molar-refractivity contribution in [1.82, 2.24) is 5.32 Å². The maximum Gasteiger partial charge on any atom is 0.310 e. The van der Waals surface area contributed by atoms with E-state index < -0.39 is 24.1 Å². The number of hydrogen-bond donors (Lipinski definition) is 5. The van der Waals surface area contributed by atoms with Crippen LogP contribution in [0.25, 0.3) is 0 Å². The predicted molar refractivity (Wildman–Crippen MR) is 122 cm³/mol. The molecule has 0 saturated heterocycles. The van der Waals surface area contributed by atoms with Crippen LogP contribution in [0.4, 0.5) is 5.69 Å². The Hall–Kier alpha value is -2.19. The van der Waals surface area contributed by atoms with Crippen molar-refractivity contribution in [3.63, 3.8) is 0 Å². The summed E-state index contributed by atoms with van der Waals surface area (Å²) in [7, 11) is 0. The second-order valence-corrected chi connectivity index (χ2v) is 8.16. The van der Waals surface area contributed by atoms with Gasteiger partial charge in [-0.2, -0.15) is 0 Å². The lowest BCUT2D eigenvalue weighted by molar-refractivity contribution is -0.145. The molecule has 0 spiro atoms. The van der Waals surface area contributed by atoms with Gasteiger partial charge < -0.3 is 31.1 Å². The smallest absolute Gasteiger partial charge is 0.310 e. The Labute approximate surface area is 191 Å². The van der Waals surface area contributed by atoms with E-state index in [1.807, 2.05) is 0 Å². The van der Waals surface area contributed by atoms with Crippen LogP contribution in [-0.2, 0) is 4.79 Å². The largest absolute Gasteiger partial charge is 0.504 e.